The Hall–Kier alpha value is -1.22. The van der Waals surface area contributed by atoms with Gasteiger partial charge in [0.1, 0.15) is 11.3 Å². The molecule has 1 aromatic heterocycles. The second kappa shape index (κ2) is 2.92. The molecular weight excluding hydrogens is 191 g/mol. The molecule has 66 valence electrons. The van der Waals surface area contributed by atoms with Crippen LogP contribution in [-0.4, -0.2) is 10.2 Å². The first-order valence-electron chi connectivity index (χ1n) is 3.76. The molecule has 0 aliphatic heterocycles. The number of hydrogen-bond acceptors (Lipinski definition) is 2. The van der Waals surface area contributed by atoms with E-state index < -0.39 is 0 Å². The van der Waals surface area contributed by atoms with Crippen molar-refractivity contribution in [1.82, 2.24) is 10.2 Å². The molecule has 0 atom stereocenters. The zero-order chi connectivity index (χ0) is 9.42. The average Bonchev–Trinajstić information content (AvgIpc) is 2.12. The summed E-state index contributed by atoms with van der Waals surface area (Å²) in [6, 6.07) is 3.04. The van der Waals surface area contributed by atoms with Crippen molar-refractivity contribution in [3.63, 3.8) is 0 Å². The highest BCUT2D eigenvalue weighted by Gasteiger charge is 2.08. The molecular formula is C9H6ClFN2. The maximum Gasteiger partial charge on any atom is 0.134 e. The van der Waals surface area contributed by atoms with Gasteiger partial charge in [0, 0.05) is 0 Å². The number of halogens is 2. The van der Waals surface area contributed by atoms with Gasteiger partial charge in [-0.25, -0.2) is 4.39 Å². The van der Waals surface area contributed by atoms with E-state index in [-0.39, 0.29) is 5.82 Å². The van der Waals surface area contributed by atoms with E-state index in [1.165, 1.54) is 12.3 Å². The second-order valence-corrected chi connectivity index (χ2v) is 3.19. The molecule has 0 radical (unpaired) electrons. The number of aromatic nitrogens is 2. The summed E-state index contributed by atoms with van der Waals surface area (Å²) < 4.78 is 13.3. The Morgan fingerprint density at radius 3 is 2.85 bits per heavy atom. The van der Waals surface area contributed by atoms with Crippen LogP contribution in [0.4, 0.5) is 4.39 Å². The second-order valence-electron chi connectivity index (χ2n) is 2.78. The van der Waals surface area contributed by atoms with Crippen molar-refractivity contribution in [2.75, 3.05) is 0 Å². The van der Waals surface area contributed by atoms with Gasteiger partial charge in [-0.1, -0.05) is 17.7 Å². The van der Waals surface area contributed by atoms with Crippen LogP contribution in [0.3, 0.4) is 0 Å². The van der Waals surface area contributed by atoms with Crippen LogP contribution >= 0.6 is 11.6 Å². The molecule has 0 unspecified atom stereocenters. The fourth-order valence-electron chi connectivity index (χ4n) is 1.23. The molecule has 2 aromatic rings. The minimum absolute atomic E-state index is 0.297. The summed E-state index contributed by atoms with van der Waals surface area (Å²) in [5.74, 6) is -0.361. The molecule has 1 aromatic carbocycles. The minimum atomic E-state index is -0.361. The van der Waals surface area contributed by atoms with Gasteiger partial charge in [-0.05, 0) is 18.6 Å². The lowest BCUT2D eigenvalue weighted by Crippen LogP contribution is -1.90. The highest BCUT2D eigenvalue weighted by Crippen LogP contribution is 2.25. The van der Waals surface area contributed by atoms with Crippen LogP contribution in [0, 0.1) is 12.7 Å². The first-order valence-corrected chi connectivity index (χ1v) is 4.14. The first-order chi connectivity index (χ1) is 6.20. The summed E-state index contributed by atoms with van der Waals surface area (Å²) in [7, 11) is 0. The fourth-order valence-corrected chi connectivity index (χ4v) is 1.45. The third kappa shape index (κ3) is 1.25. The van der Waals surface area contributed by atoms with Gasteiger partial charge in [0.05, 0.1) is 16.6 Å². The van der Waals surface area contributed by atoms with Crippen molar-refractivity contribution < 1.29 is 4.39 Å². The SMILES string of the molecule is Cc1ccc(F)c2c(Cl)cnnc12. The molecule has 0 aliphatic carbocycles. The molecule has 2 rings (SSSR count). The molecule has 0 fully saturated rings. The lowest BCUT2D eigenvalue weighted by molar-refractivity contribution is 0.639. The van der Waals surface area contributed by atoms with Gasteiger partial charge in [-0.2, -0.15) is 10.2 Å². The van der Waals surface area contributed by atoms with Gasteiger partial charge in [0.25, 0.3) is 0 Å². The summed E-state index contributed by atoms with van der Waals surface area (Å²) in [5.41, 5.74) is 1.39. The Bertz CT molecular complexity index is 462. The Kier molecular flexibility index (Phi) is 1.88. The Morgan fingerprint density at radius 1 is 1.38 bits per heavy atom. The van der Waals surface area contributed by atoms with Gasteiger partial charge < -0.3 is 0 Å². The van der Waals surface area contributed by atoms with E-state index in [0.29, 0.717) is 15.9 Å². The molecule has 0 spiro atoms. The third-order valence-corrected chi connectivity index (χ3v) is 2.18. The Morgan fingerprint density at radius 2 is 2.15 bits per heavy atom. The Balaban J connectivity index is 3.00. The smallest absolute Gasteiger partial charge is 0.134 e. The van der Waals surface area contributed by atoms with Crippen LogP contribution in [0.15, 0.2) is 18.3 Å². The maximum atomic E-state index is 13.3. The molecule has 0 saturated heterocycles. The predicted molar refractivity (Wildman–Crippen MR) is 49.2 cm³/mol. The molecule has 0 N–H and O–H groups in total. The number of nitrogens with zero attached hydrogens (tertiary/aromatic N) is 2. The van der Waals surface area contributed by atoms with Gasteiger partial charge >= 0.3 is 0 Å². The van der Waals surface area contributed by atoms with Crippen molar-refractivity contribution in [1.29, 1.82) is 0 Å². The minimum Gasteiger partial charge on any atom is -0.206 e. The highest BCUT2D eigenvalue weighted by molar-refractivity contribution is 6.35. The topological polar surface area (TPSA) is 25.8 Å². The predicted octanol–water partition coefficient (Wildman–Crippen LogP) is 2.73. The Labute approximate surface area is 79.4 Å². The molecule has 1 heterocycles. The monoisotopic (exact) mass is 196 g/mol. The summed E-state index contributed by atoms with van der Waals surface area (Å²) in [5, 5.41) is 8.14. The normalized spacial score (nSPS) is 10.7. The fraction of sp³-hybridized carbons (Fsp3) is 0.111. The standard InChI is InChI=1S/C9H6ClFN2/c1-5-2-3-7(11)8-6(10)4-12-13-9(5)8/h2-4H,1H3. The number of benzene rings is 1. The van der Waals surface area contributed by atoms with Crippen molar-refractivity contribution >= 4 is 22.5 Å². The number of hydrogen-bond donors (Lipinski definition) is 0. The molecule has 4 heteroatoms. The molecule has 0 aliphatic rings. The number of fused-ring (bicyclic) bond motifs is 1. The van der Waals surface area contributed by atoms with E-state index in [2.05, 4.69) is 10.2 Å². The largest absolute Gasteiger partial charge is 0.206 e. The summed E-state index contributed by atoms with van der Waals surface area (Å²) in [4.78, 5) is 0. The molecule has 0 amide bonds. The lowest BCUT2D eigenvalue weighted by atomic mass is 10.1. The zero-order valence-electron chi connectivity index (χ0n) is 6.88. The van der Waals surface area contributed by atoms with Crippen molar-refractivity contribution in [3.8, 4) is 0 Å². The number of aryl methyl sites for hydroxylation is 1. The van der Waals surface area contributed by atoms with Crippen LogP contribution in [-0.2, 0) is 0 Å². The van der Waals surface area contributed by atoms with Crippen LogP contribution < -0.4 is 0 Å². The maximum absolute atomic E-state index is 13.3. The molecule has 0 saturated carbocycles. The zero-order valence-corrected chi connectivity index (χ0v) is 7.64. The lowest BCUT2D eigenvalue weighted by Gasteiger charge is -2.02. The quantitative estimate of drug-likeness (QED) is 0.648. The van der Waals surface area contributed by atoms with E-state index in [0.717, 1.165) is 5.56 Å². The van der Waals surface area contributed by atoms with Gasteiger partial charge in [0.2, 0.25) is 0 Å². The van der Waals surface area contributed by atoms with E-state index in [1.54, 1.807) is 6.07 Å². The summed E-state index contributed by atoms with van der Waals surface area (Å²) >= 11 is 5.79. The van der Waals surface area contributed by atoms with Crippen LogP contribution in [0.25, 0.3) is 10.9 Å². The van der Waals surface area contributed by atoms with Crippen molar-refractivity contribution in [2.45, 2.75) is 6.92 Å². The third-order valence-electron chi connectivity index (χ3n) is 1.90. The van der Waals surface area contributed by atoms with Crippen molar-refractivity contribution in [3.05, 3.63) is 34.7 Å². The van der Waals surface area contributed by atoms with E-state index in [9.17, 15) is 4.39 Å². The van der Waals surface area contributed by atoms with Gasteiger partial charge in [0.15, 0.2) is 0 Å². The number of rotatable bonds is 0. The van der Waals surface area contributed by atoms with Crippen molar-refractivity contribution in [2.24, 2.45) is 0 Å². The van der Waals surface area contributed by atoms with Crippen LogP contribution in [0.5, 0.6) is 0 Å². The van der Waals surface area contributed by atoms with Gasteiger partial charge in [-0.15, -0.1) is 0 Å². The van der Waals surface area contributed by atoms with E-state index >= 15 is 0 Å². The summed E-state index contributed by atoms with van der Waals surface area (Å²) in [6.45, 7) is 1.84. The molecule has 2 nitrogen and oxygen atoms in total. The molecule has 13 heavy (non-hydrogen) atoms. The van der Waals surface area contributed by atoms with Crippen LogP contribution in [0.2, 0.25) is 5.02 Å². The average molecular weight is 197 g/mol. The van der Waals surface area contributed by atoms with Gasteiger partial charge in [-0.3, -0.25) is 0 Å². The molecule has 0 bridgehead atoms. The highest BCUT2D eigenvalue weighted by atomic mass is 35.5. The van der Waals surface area contributed by atoms with E-state index in [4.69, 9.17) is 11.6 Å². The first kappa shape index (κ1) is 8.38. The van der Waals surface area contributed by atoms with Crippen LogP contribution in [0.1, 0.15) is 5.56 Å². The summed E-state index contributed by atoms with van der Waals surface area (Å²) in [6.07, 6.45) is 1.34. The van der Waals surface area contributed by atoms with E-state index in [1.807, 2.05) is 6.92 Å².